The molecule has 2 aromatic carbocycles. The SMILES string of the molecule is CC(Sc1cc2cc(O)ccc2[nH]1)(C(=O)O)c1ccccc1. The third kappa shape index (κ3) is 2.55. The van der Waals surface area contributed by atoms with Crippen LogP contribution in [-0.2, 0) is 9.54 Å². The Hall–Kier alpha value is -2.40. The van der Waals surface area contributed by atoms with E-state index < -0.39 is 10.7 Å². The lowest BCUT2D eigenvalue weighted by atomic mass is 10.0. The molecule has 0 aliphatic carbocycles. The molecule has 4 nitrogen and oxygen atoms in total. The van der Waals surface area contributed by atoms with Crippen molar-refractivity contribution in [2.45, 2.75) is 16.7 Å². The van der Waals surface area contributed by atoms with E-state index in [2.05, 4.69) is 4.98 Å². The third-order valence-electron chi connectivity index (χ3n) is 3.63. The number of fused-ring (bicyclic) bond motifs is 1. The summed E-state index contributed by atoms with van der Waals surface area (Å²) in [5.74, 6) is -0.711. The van der Waals surface area contributed by atoms with Crippen molar-refractivity contribution in [3.63, 3.8) is 0 Å². The van der Waals surface area contributed by atoms with Gasteiger partial charge in [-0.25, -0.2) is 0 Å². The molecule has 1 unspecified atom stereocenters. The van der Waals surface area contributed by atoms with E-state index in [9.17, 15) is 15.0 Å². The highest BCUT2D eigenvalue weighted by Crippen LogP contribution is 2.42. The fourth-order valence-electron chi connectivity index (χ4n) is 2.35. The number of aromatic hydroxyl groups is 1. The van der Waals surface area contributed by atoms with Crippen LogP contribution in [0.4, 0.5) is 0 Å². The second-order valence-corrected chi connectivity index (χ2v) is 6.67. The first kappa shape index (κ1) is 14.5. The van der Waals surface area contributed by atoms with Crippen LogP contribution in [0, 0.1) is 0 Å². The maximum atomic E-state index is 11.8. The van der Waals surface area contributed by atoms with Crippen LogP contribution in [0.15, 0.2) is 59.6 Å². The second kappa shape index (κ2) is 5.42. The van der Waals surface area contributed by atoms with Gasteiger partial charge in [0.2, 0.25) is 0 Å². The number of hydrogen-bond acceptors (Lipinski definition) is 3. The van der Waals surface area contributed by atoms with E-state index in [0.29, 0.717) is 0 Å². The van der Waals surface area contributed by atoms with Crippen molar-refractivity contribution in [2.75, 3.05) is 0 Å². The lowest BCUT2D eigenvalue weighted by Gasteiger charge is -2.24. The summed E-state index contributed by atoms with van der Waals surface area (Å²) < 4.78 is -1.09. The van der Waals surface area contributed by atoms with Gasteiger partial charge in [-0.15, -0.1) is 0 Å². The van der Waals surface area contributed by atoms with Gasteiger partial charge in [0.15, 0.2) is 0 Å². The van der Waals surface area contributed by atoms with Gasteiger partial charge in [-0.05, 0) is 36.8 Å². The van der Waals surface area contributed by atoms with Crippen molar-refractivity contribution in [3.05, 3.63) is 60.2 Å². The van der Waals surface area contributed by atoms with E-state index in [1.165, 1.54) is 11.8 Å². The summed E-state index contributed by atoms with van der Waals surface area (Å²) in [5, 5.41) is 20.8. The average Bonchev–Trinajstić information content (AvgIpc) is 2.89. The fraction of sp³-hybridized carbons (Fsp3) is 0.118. The number of H-pyrrole nitrogens is 1. The van der Waals surface area contributed by atoms with Crippen molar-refractivity contribution in [2.24, 2.45) is 0 Å². The highest BCUT2D eigenvalue weighted by molar-refractivity contribution is 8.00. The first-order valence-electron chi connectivity index (χ1n) is 6.79. The van der Waals surface area contributed by atoms with Crippen molar-refractivity contribution in [1.82, 2.24) is 4.98 Å². The molecule has 0 bridgehead atoms. The standard InChI is InChI=1S/C17H15NO3S/c1-17(16(20)21,12-5-3-2-4-6-12)22-15-10-11-9-13(19)7-8-14(11)18-15/h2-10,18-19H,1H3,(H,20,21). The number of aliphatic carboxylic acids is 1. The number of phenols is 1. The summed E-state index contributed by atoms with van der Waals surface area (Å²) in [6.07, 6.45) is 0. The Morgan fingerprint density at radius 2 is 1.86 bits per heavy atom. The van der Waals surface area contributed by atoms with Crippen molar-refractivity contribution >= 4 is 28.6 Å². The normalized spacial score (nSPS) is 13.9. The van der Waals surface area contributed by atoms with E-state index in [0.717, 1.165) is 21.5 Å². The van der Waals surface area contributed by atoms with Gasteiger partial charge in [0.25, 0.3) is 0 Å². The number of carbonyl (C=O) groups is 1. The smallest absolute Gasteiger partial charge is 0.324 e. The fourth-order valence-corrected chi connectivity index (χ4v) is 3.48. The summed E-state index contributed by atoms with van der Waals surface area (Å²) in [6.45, 7) is 1.69. The van der Waals surface area contributed by atoms with Crippen LogP contribution in [0.3, 0.4) is 0 Å². The second-order valence-electron chi connectivity index (χ2n) is 5.21. The first-order chi connectivity index (χ1) is 10.5. The van der Waals surface area contributed by atoms with E-state index >= 15 is 0 Å². The molecule has 112 valence electrons. The molecule has 1 aromatic heterocycles. The van der Waals surface area contributed by atoms with E-state index in [1.807, 2.05) is 36.4 Å². The molecule has 5 heteroatoms. The molecule has 0 fully saturated rings. The molecule has 0 saturated carbocycles. The zero-order chi connectivity index (χ0) is 15.7. The van der Waals surface area contributed by atoms with Crippen LogP contribution in [0.25, 0.3) is 10.9 Å². The summed E-state index contributed by atoms with van der Waals surface area (Å²) in [7, 11) is 0. The minimum absolute atomic E-state index is 0.187. The molecule has 1 atom stereocenters. The van der Waals surface area contributed by atoms with Crippen molar-refractivity contribution < 1.29 is 15.0 Å². The lowest BCUT2D eigenvalue weighted by Crippen LogP contribution is -2.28. The zero-order valence-corrected chi connectivity index (χ0v) is 12.7. The number of hydrogen-bond donors (Lipinski definition) is 3. The van der Waals surface area contributed by atoms with Crippen molar-refractivity contribution in [3.8, 4) is 5.75 Å². The first-order valence-corrected chi connectivity index (χ1v) is 7.60. The lowest BCUT2D eigenvalue weighted by molar-refractivity contribution is -0.139. The van der Waals surface area contributed by atoms with Crippen LogP contribution >= 0.6 is 11.8 Å². The monoisotopic (exact) mass is 313 g/mol. The summed E-state index contributed by atoms with van der Waals surface area (Å²) in [5.41, 5.74) is 1.59. The molecular formula is C17H15NO3S. The summed E-state index contributed by atoms with van der Waals surface area (Å²) in [6, 6.07) is 16.0. The number of carboxylic acids is 1. The number of aromatic amines is 1. The molecule has 0 aliphatic rings. The molecule has 3 aromatic rings. The highest BCUT2D eigenvalue weighted by Gasteiger charge is 2.37. The Bertz CT molecular complexity index is 828. The predicted molar refractivity (Wildman–Crippen MR) is 87.3 cm³/mol. The van der Waals surface area contributed by atoms with Crippen LogP contribution in [0.5, 0.6) is 5.75 Å². The van der Waals surface area contributed by atoms with Gasteiger partial charge in [-0.3, -0.25) is 4.79 Å². The topological polar surface area (TPSA) is 73.3 Å². The number of aromatic nitrogens is 1. The highest BCUT2D eigenvalue weighted by atomic mass is 32.2. The van der Waals surface area contributed by atoms with Crippen LogP contribution in [0.2, 0.25) is 0 Å². The van der Waals surface area contributed by atoms with E-state index in [4.69, 9.17) is 0 Å². The van der Waals surface area contributed by atoms with Gasteiger partial charge in [0, 0.05) is 10.9 Å². The molecule has 0 aliphatic heterocycles. The number of nitrogens with one attached hydrogen (secondary N) is 1. The molecule has 3 N–H and O–H groups in total. The Kier molecular flexibility index (Phi) is 3.58. The molecule has 0 amide bonds. The Labute approximate surface area is 131 Å². The average molecular weight is 313 g/mol. The molecule has 3 rings (SSSR count). The van der Waals surface area contributed by atoms with Gasteiger partial charge in [0.1, 0.15) is 10.5 Å². The molecule has 0 radical (unpaired) electrons. The minimum atomic E-state index is -1.09. The van der Waals surface area contributed by atoms with E-state index in [-0.39, 0.29) is 5.75 Å². The molecule has 0 spiro atoms. The van der Waals surface area contributed by atoms with Gasteiger partial charge in [0.05, 0.1) is 5.03 Å². The summed E-state index contributed by atoms with van der Waals surface area (Å²) in [4.78, 5) is 15.0. The number of thioether (sulfide) groups is 1. The van der Waals surface area contributed by atoms with Crippen LogP contribution in [0.1, 0.15) is 12.5 Å². The quantitative estimate of drug-likeness (QED) is 0.637. The largest absolute Gasteiger partial charge is 0.508 e. The molecular weight excluding hydrogens is 298 g/mol. The molecule has 22 heavy (non-hydrogen) atoms. The predicted octanol–water partition coefficient (Wildman–Crippen LogP) is 3.97. The summed E-state index contributed by atoms with van der Waals surface area (Å²) >= 11 is 1.25. The van der Waals surface area contributed by atoms with Gasteiger partial charge >= 0.3 is 5.97 Å². The third-order valence-corrected chi connectivity index (χ3v) is 4.88. The van der Waals surface area contributed by atoms with Crippen LogP contribution < -0.4 is 0 Å². The number of benzene rings is 2. The molecule has 1 heterocycles. The minimum Gasteiger partial charge on any atom is -0.508 e. The number of carboxylic acid groups (broad SMARTS) is 1. The van der Waals surface area contributed by atoms with Gasteiger partial charge in [-0.2, -0.15) is 0 Å². The maximum absolute atomic E-state index is 11.8. The number of rotatable bonds is 4. The maximum Gasteiger partial charge on any atom is 0.324 e. The van der Waals surface area contributed by atoms with E-state index in [1.54, 1.807) is 25.1 Å². The zero-order valence-electron chi connectivity index (χ0n) is 11.9. The van der Waals surface area contributed by atoms with Gasteiger partial charge < -0.3 is 15.2 Å². The van der Waals surface area contributed by atoms with Gasteiger partial charge in [-0.1, -0.05) is 42.1 Å². The Morgan fingerprint density at radius 3 is 2.55 bits per heavy atom. The molecule has 0 saturated heterocycles. The van der Waals surface area contributed by atoms with Crippen LogP contribution in [-0.4, -0.2) is 21.2 Å². The number of phenolic OH excluding ortho intramolecular Hbond substituents is 1. The van der Waals surface area contributed by atoms with Crippen molar-refractivity contribution in [1.29, 1.82) is 0 Å². The Balaban J connectivity index is 2.01. The Morgan fingerprint density at radius 1 is 1.14 bits per heavy atom.